The van der Waals surface area contributed by atoms with Gasteiger partial charge in [-0.25, -0.2) is 0 Å². The van der Waals surface area contributed by atoms with Gasteiger partial charge in [-0.3, -0.25) is 0 Å². The Morgan fingerprint density at radius 2 is 0.527 bits per heavy atom. The van der Waals surface area contributed by atoms with Crippen molar-refractivity contribution in [3.8, 4) is 0 Å². The van der Waals surface area contributed by atoms with Crippen LogP contribution in [-0.2, 0) is 0 Å². The lowest BCUT2D eigenvalue weighted by atomic mass is 9.90. The number of nitrogens with two attached hydrogens (primary N) is 1. The van der Waals surface area contributed by atoms with Crippen LogP contribution in [0.2, 0.25) is 18.1 Å². The molecule has 1 nitrogen and oxygen atoms in total. The molecule has 0 atom stereocenters. The highest BCUT2D eigenvalue weighted by atomic mass is 28.3. The minimum absolute atomic E-state index is 0.0664. The van der Waals surface area contributed by atoms with E-state index in [1.807, 2.05) is 0 Å². The quantitative estimate of drug-likeness (QED) is 0.0735. The van der Waals surface area contributed by atoms with Gasteiger partial charge in [-0.15, -0.1) is 0 Å². The summed E-state index contributed by atoms with van der Waals surface area (Å²) in [7, 11) is -5.38. The molecule has 0 aliphatic heterocycles. The first-order valence-electron chi connectivity index (χ1n) is 13.9. The highest BCUT2D eigenvalue weighted by Gasteiger charge is 2.94. The van der Waals surface area contributed by atoms with Crippen LogP contribution >= 0.6 is 0 Å². The maximum absolute atomic E-state index is 14.4. The van der Waals surface area contributed by atoms with E-state index in [2.05, 4.69) is 0 Å². The van der Waals surface area contributed by atoms with Crippen molar-refractivity contribution in [2.24, 2.45) is 5.40 Å². The fraction of sp³-hybridized carbons (Fsp3) is 1.00. The Bertz CT molecular complexity index is 1200. The Labute approximate surface area is 287 Å². The van der Waals surface area contributed by atoms with E-state index in [1.165, 1.54) is 6.92 Å². The van der Waals surface area contributed by atoms with Crippen molar-refractivity contribution >= 4 is 8.24 Å². The standard InChI is InChI=1S/C23H21F30NSi/c1-2-3-4-7-55(54,8-5-10(24,25)12(28,29)14(32,33)16(36,37)18(40,41)20(44,45)22(48,49)50)9-6-11(26,27)13(30,31)15(34,35)17(38,39)19(42,43)21(46,47)23(51,52)53/h2-9,54H2,1H3. The Kier molecular flexibility index (Phi) is 14.2. The van der Waals surface area contributed by atoms with Crippen LogP contribution in [0, 0.1) is 0 Å². The fourth-order valence-corrected chi connectivity index (χ4v) is 7.55. The maximum Gasteiger partial charge on any atom is 0.460 e. The molecule has 0 aromatic carbocycles. The highest BCUT2D eigenvalue weighted by molar-refractivity contribution is 6.76. The molecule has 0 heterocycles. The minimum atomic E-state index is -8.77. The zero-order valence-corrected chi connectivity index (χ0v) is 27.1. The van der Waals surface area contributed by atoms with Gasteiger partial charge < -0.3 is 5.40 Å². The van der Waals surface area contributed by atoms with Crippen LogP contribution in [0.1, 0.15) is 39.0 Å². The van der Waals surface area contributed by atoms with Crippen LogP contribution < -0.4 is 5.40 Å². The lowest BCUT2D eigenvalue weighted by Crippen LogP contribution is -2.72. The van der Waals surface area contributed by atoms with E-state index in [9.17, 15) is 132 Å². The number of hydrogen-bond acceptors (Lipinski definition) is 1. The Morgan fingerprint density at radius 3 is 0.745 bits per heavy atom. The van der Waals surface area contributed by atoms with Crippen molar-refractivity contribution in [3.05, 3.63) is 0 Å². The molecule has 0 fully saturated rings. The maximum atomic E-state index is 14.4. The average Bonchev–Trinajstić information content (AvgIpc) is 2.97. The highest BCUT2D eigenvalue weighted by Crippen LogP contribution is 2.65. The summed E-state index contributed by atoms with van der Waals surface area (Å²) in [6.45, 7) is 1.23. The summed E-state index contributed by atoms with van der Waals surface area (Å²) in [6.07, 6.45) is -23.6. The third-order valence-electron chi connectivity index (χ3n) is 7.94. The molecule has 0 spiro atoms. The fourth-order valence-electron chi connectivity index (χ4n) is 4.23. The van der Waals surface area contributed by atoms with E-state index in [0.29, 0.717) is 0 Å². The van der Waals surface area contributed by atoms with Crippen molar-refractivity contribution < 1.29 is 132 Å². The molecule has 0 aliphatic rings. The molecule has 0 unspecified atom stereocenters. The third kappa shape index (κ3) is 8.22. The molecule has 0 rings (SSSR count). The minimum Gasteiger partial charge on any atom is -0.351 e. The molecule has 32 heteroatoms. The lowest BCUT2D eigenvalue weighted by Gasteiger charge is -2.42. The van der Waals surface area contributed by atoms with Gasteiger partial charge in [0.1, 0.15) is 8.24 Å². The van der Waals surface area contributed by atoms with Crippen molar-refractivity contribution in [1.29, 1.82) is 0 Å². The van der Waals surface area contributed by atoms with E-state index in [-0.39, 0.29) is 12.8 Å². The molecule has 0 saturated heterocycles. The van der Waals surface area contributed by atoms with Crippen LogP contribution in [0.5, 0.6) is 0 Å². The third-order valence-corrected chi connectivity index (χ3v) is 11.8. The number of alkyl halides is 30. The summed E-state index contributed by atoms with van der Waals surface area (Å²) in [5.41, 5.74) is 0. The second-order valence-corrected chi connectivity index (χ2v) is 16.2. The second-order valence-electron chi connectivity index (χ2n) is 12.0. The van der Waals surface area contributed by atoms with Crippen LogP contribution in [-0.4, -0.2) is 91.7 Å². The summed E-state index contributed by atoms with van der Waals surface area (Å²) >= 11 is 0. The normalized spacial score (nSPS) is 16.6. The molecule has 0 amide bonds. The number of halogens is 30. The summed E-state index contributed by atoms with van der Waals surface area (Å²) in [4.78, 5) is 0. The molecule has 0 aromatic heterocycles. The van der Waals surface area contributed by atoms with E-state index < -0.39 is 129 Å². The molecule has 55 heavy (non-hydrogen) atoms. The first kappa shape index (κ1) is 53.1. The van der Waals surface area contributed by atoms with Gasteiger partial charge in [0.25, 0.3) is 0 Å². The van der Waals surface area contributed by atoms with Gasteiger partial charge >= 0.3 is 83.4 Å². The van der Waals surface area contributed by atoms with Gasteiger partial charge in [-0.05, 0) is 18.1 Å². The van der Waals surface area contributed by atoms with E-state index in [4.69, 9.17) is 5.40 Å². The van der Waals surface area contributed by atoms with Crippen molar-refractivity contribution in [1.82, 2.24) is 0 Å². The molecular weight excluding hydrogens is 888 g/mol. The first-order chi connectivity index (χ1) is 23.5. The zero-order chi connectivity index (χ0) is 45.2. The Morgan fingerprint density at radius 1 is 0.309 bits per heavy atom. The van der Waals surface area contributed by atoms with E-state index in [0.717, 1.165) is 0 Å². The molecule has 332 valence electrons. The number of unbranched alkanes of at least 4 members (excludes halogenated alkanes) is 2. The summed E-state index contributed by atoms with van der Waals surface area (Å²) in [6, 6.07) is -5.98. The van der Waals surface area contributed by atoms with Crippen molar-refractivity contribution in [2.75, 3.05) is 0 Å². The van der Waals surface area contributed by atoms with Gasteiger partial charge in [-0.1, -0.05) is 26.2 Å². The predicted molar refractivity (Wildman–Crippen MR) is 125 cm³/mol. The lowest BCUT2D eigenvalue weighted by molar-refractivity contribution is -0.452. The molecule has 0 bridgehead atoms. The zero-order valence-electron chi connectivity index (χ0n) is 26.1. The van der Waals surface area contributed by atoms with Gasteiger partial charge in [0.2, 0.25) is 0 Å². The van der Waals surface area contributed by atoms with Crippen LogP contribution in [0.25, 0.3) is 0 Å². The van der Waals surface area contributed by atoms with Gasteiger partial charge in [-0.2, -0.15) is 132 Å². The molecular formula is C23H21F30NSi. The summed E-state index contributed by atoms with van der Waals surface area (Å²) < 4.78 is 404. The second kappa shape index (κ2) is 14.7. The van der Waals surface area contributed by atoms with Crippen LogP contribution in [0.4, 0.5) is 132 Å². The van der Waals surface area contributed by atoms with Crippen molar-refractivity contribution in [2.45, 2.75) is 141 Å². The molecule has 2 N–H and O–H groups in total. The van der Waals surface area contributed by atoms with E-state index >= 15 is 0 Å². The molecule has 0 aromatic rings. The number of rotatable bonds is 20. The smallest absolute Gasteiger partial charge is 0.351 e. The topological polar surface area (TPSA) is 26.0 Å². The SMILES string of the molecule is CCCCC[Si](N)(CCC(F)(F)C(F)(F)C(F)(F)C(F)(F)C(F)(F)C(F)(F)C(F)(F)F)CCC(F)(F)C(F)(F)C(F)(F)C(F)(F)C(F)(F)C(F)(F)C(F)(F)F. The first-order valence-corrected chi connectivity index (χ1v) is 16.6. The molecule has 0 aliphatic carbocycles. The van der Waals surface area contributed by atoms with Gasteiger partial charge in [0, 0.05) is 12.8 Å². The summed E-state index contributed by atoms with van der Waals surface area (Å²) in [5.74, 6) is -99.4. The van der Waals surface area contributed by atoms with Crippen LogP contribution in [0.3, 0.4) is 0 Å². The predicted octanol–water partition coefficient (Wildman–Crippen LogP) is 12.6. The van der Waals surface area contributed by atoms with Gasteiger partial charge in [0.05, 0.1) is 0 Å². The Hall–Kier alpha value is -1.92. The van der Waals surface area contributed by atoms with Crippen LogP contribution in [0.15, 0.2) is 0 Å². The monoisotopic (exact) mass is 909 g/mol. The summed E-state index contributed by atoms with van der Waals surface area (Å²) in [5, 5.41) is 5.40. The Balaban J connectivity index is 6.87. The molecule has 0 saturated carbocycles. The average molecular weight is 909 g/mol. The van der Waals surface area contributed by atoms with Gasteiger partial charge in [0.15, 0.2) is 0 Å². The van der Waals surface area contributed by atoms with Crippen molar-refractivity contribution in [3.63, 3.8) is 0 Å². The van der Waals surface area contributed by atoms with E-state index in [1.54, 1.807) is 0 Å². The molecule has 0 radical (unpaired) electrons. The largest absolute Gasteiger partial charge is 0.460 e. The number of hydrogen-bond donors (Lipinski definition) is 1.